The van der Waals surface area contributed by atoms with Gasteiger partial charge in [0.1, 0.15) is 11.0 Å². The summed E-state index contributed by atoms with van der Waals surface area (Å²) in [4.78, 5) is 10.0. The van der Waals surface area contributed by atoms with Crippen LogP contribution in [-0.2, 0) is 11.0 Å². The molecule has 0 bridgehead atoms. The van der Waals surface area contributed by atoms with Crippen LogP contribution in [0, 0.1) is 6.92 Å². The van der Waals surface area contributed by atoms with Gasteiger partial charge in [0.2, 0.25) is 0 Å². The van der Waals surface area contributed by atoms with Crippen molar-refractivity contribution in [1.82, 2.24) is 19.1 Å². The van der Waals surface area contributed by atoms with Crippen LogP contribution in [0.1, 0.15) is 5.56 Å². The molecule has 0 radical (unpaired) electrons. The molecule has 1 unspecified atom stereocenters. The second-order valence-electron chi connectivity index (χ2n) is 7.60. The summed E-state index contributed by atoms with van der Waals surface area (Å²) in [6.07, 6.45) is 5.65. The van der Waals surface area contributed by atoms with Gasteiger partial charge in [-0.15, -0.1) is 0 Å². The molecule has 3 aromatic carbocycles. The van der Waals surface area contributed by atoms with E-state index in [2.05, 4.69) is 45.4 Å². The molecule has 0 fully saturated rings. The second-order valence-corrected chi connectivity index (χ2v) is 8.90. The van der Waals surface area contributed by atoms with E-state index in [0.29, 0.717) is 18.9 Å². The molecule has 0 aliphatic rings. The number of hydrogen-bond donors (Lipinski definition) is 2. The van der Waals surface area contributed by atoms with Crippen molar-refractivity contribution in [2.24, 2.45) is 0 Å². The van der Waals surface area contributed by atoms with Gasteiger partial charge in [0, 0.05) is 37.2 Å². The van der Waals surface area contributed by atoms with E-state index < -0.39 is 11.0 Å². The number of anilines is 1. The van der Waals surface area contributed by atoms with Crippen molar-refractivity contribution in [3.05, 3.63) is 90.9 Å². The van der Waals surface area contributed by atoms with E-state index in [1.54, 1.807) is 6.20 Å². The number of imidazole rings is 1. The Bertz CT molecular complexity index is 1410. The van der Waals surface area contributed by atoms with Gasteiger partial charge >= 0.3 is 0 Å². The third-order valence-electron chi connectivity index (χ3n) is 5.31. The molecule has 2 aromatic heterocycles. The zero-order valence-electron chi connectivity index (χ0n) is 17.7. The Hall–Kier alpha value is -3.55. The topological polar surface area (TPSA) is 71.3 Å². The van der Waals surface area contributed by atoms with Gasteiger partial charge in [0.15, 0.2) is 11.5 Å². The molecule has 2 N–H and O–H groups in total. The average molecular weight is 442 g/mol. The van der Waals surface area contributed by atoms with Crippen molar-refractivity contribution in [3.63, 3.8) is 0 Å². The summed E-state index contributed by atoms with van der Waals surface area (Å²) in [5.74, 6) is 0.697. The van der Waals surface area contributed by atoms with Gasteiger partial charge in [0.05, 0.1) is 10.6 Å². The molecular weight excluding hydrogens is 418 g/mol. The van der Waals surface area contributed by atoms with Crippen LogP contribution >= 0.6 is 0 Å². The highest BCUT2D eigenvalue weighted by atomic mass is 32.2. The maximum atomic E-state index is 12.4. The quantitative estimate of drug-likeness (QED) is 0.363. The van der Waals surface area contributed by atoms with E-state index in [4.69, 9.17) is 4.98 Å². The SMILES string of the molecule is Cc1ccc(S(=O)NCCNc2nccn3cc(-c4ccc5ccccc5c4)nc23)cc1. The minimum absolute atomic E-state index is 0.529. The van der Waals surface area contributed by atoms with Crippen molar-refractivity contribution in [2.45, 2.75) is 11.8 Å². The second kappa shape index (κ2) is 8.90. The molecule has 0 saturated heterocycles. The summed E-state index contributed by atoms with van der Waals surface area (Å²) in [6, 6.07) is 22.4. The van der Waals surface area contributed by atoms with E-state index in [-0.39, 0.29) is 0 Å². The predicted molar refractivity (Wildman–Crippen MR) is 130 cm³/mol. The van der Waals surface area contributed by atoms with Gasteiger partial charge in [-0.05, 0) is 35.9 Å². The zero-order chi connectivity index (χ0) is 21.9. The van der Waals surface area contributed by atoms with Crippen LogP contribution in [0.15, 0.2) is 90.2 Å². The summed E-state index contributed by atoms with van der Waals surface area (Å²) >= 11 is 0. The maximum Gasteiger partial charge on any atom is 0.180 e. The first-order valence-corrected chi connectivity index (χ1v) is 11.6. The number of aryl methyl sites for hydroxylation is 1. The summed E-state index contributed by atoms with van der Waals surface area (Å²) < 4.78 is 17.4. The van der Waals surface area contributed by atoms with E-state index in [1.807, 2.05) is 60.1 Å². The third kappa shape index (κ3) is 4.26. The van der Waals surface area contributed by atoms with Crippen LogP contribution in [-0.4, -0.2) is 31.7 Å². The molecule has 0 amide bonds. The molecule has 7 heteroatoms. The van der Waals surface area contributed by atoms with E-state index >= 15 is 0 Å². The molecule has 5 aromatic rings. The lowest BCUT2D eigenvalue weighted by Gasteiger charge is -2.08. The number of nitrogens with one attached hydrogen (secondary N) is 2. The molecule has 2 heterocycles. The lowest BCUT2D eigenvalue weighted by Crippen LogP contribution is -2.24. The van der Waals surface area contributed by atoms with E-state index in [9.17, 15) is 4.21 Å². The number of fused-ring (bicyclic) bond motifs is 2. The van der Waals surface area contributed by atoms with Crippen LogP contribution in [0.25, 0.3) is 27.7 Å². The van der Waals surface area contributed by atoms with Crippen molar-refractivity contribution in [1.29, 1.82) is 0 Å². The van der Waals surface area contributed by atoms with Crippen LogP contribution < -0.4 is 10.0 Å². The fourth-order valence-electron chi connectivity index (χ4n) is 3.60. The molecule has 0 spiro atoms. The smallest absolute Gasteiger partial charge is 0.180 e. The molecule has 1 atom stereocenters. The molecule has 0 saturated carbocycles. The Morgan fingerprint density at radius 2 is 1.78 bits per heavy atom. The summed E-state index contributed by atoms with van der Waals surface area (Å²) in [5.41, 5.74) is 3.86. The van der Waals surface area contributed by atoms with E-state index in [1.165, 1.54) is 10.8 Å². The Labute approximate surface area is 188 Å². The fourth-order valence-corrected chi connectivity index (χ4v) is 4.44. The molecule has 6 nitrogen and oxygen atoms in total. The number of hydrogen-bond acceptors (Lipinski definition) is 4. The molecule has 0 aliphatic carbocycles. The first kappa shape index (κ1) is 20.4. The van der Waals surface area contributed by atoms with E-state index in [0.717, 1.165) is 27.4 Å². The standard InChI is InChI=1S/C25H23N5OS/c1-18-6-10-22(11-7-18)32(31)28-13-12-26-24-25-29-23(17-30(25)15-14-27-24)21-9-8-19-4-2-3-5-20(19)16-21/h2-11,14-17,28H,12-13H2,1H3,(H,26,27). The van der Waals surface area contributed by atoms with Gasteiger partial charge in [-0.3, -0.25) is 0 Å². The third-order valence-corrected chi connectivity index (χ3v) is 6.47. The molecule has 5 rings (SSSR count). The van der Waals surface area contributed by atoms with Crippen LogP contribution in [0.3, 0.4) is 0 Å². The minimum Gasteiger partial charge on any atom is -0.366 e. The molecular formula is C25H23N5OS. The van der Waals surface area contributed by atoms with Crippen LogP contribution in [0.5, 0.6) is 0 Å². The first-order chi connectivity index (χ1) is 15.7. The number of benzene rings is 3. The summed E-state index contributed by atoms with van der Waals surface area (Å²) in [5, 5.41) is 5.70. The summed E-state index contributed by atoms with van der Waals surface area (Å²) in [7, 11) is -1.24. The number of nitrogens with zero attached hydrogens (tertiary/aromatic N) is 3. The Balaban J connectivity index is 1.29. The average Bonchev–Trinajstić information content (AvgIpc) is 3.27. The number of aromatic nitrogens is 3. The molecule has 32 heavy (non-hydrogen) atoms. The highest BCUT2D eigenvalue weighted by molar-refractivity contribution is 7.83. The van der Waals surface area contributed by atoms with Crippen molar-refractivity contribution in [3.8, 4) is 11.3 Å². The Morgan fingerprint density at radius 3 is 2.62 bits per heavy atom. The van der Waals surface area contributed by atoms with Gasteiger partial charge in [-0.2, -0.15) is 0 Å². The molecule has 160 valence electrons. The van der Waals surface area contributed by atoms with Crippen LogP contribution in [0.2, 0.25) is 0 Å². The largest absolute Gasteiger partial charge is 0.366 e. The first-order valence-electron chi connectivity index (χ1n) is 10.5. The Kier molecular flexibility index (Phi) is 5.66. The van der Waals surface area contributed by atoms with Crippen molar-refractivity contribution < 1.29 is 4.21 Å². The van der Waals surface area contributed by atoms with Gasteiger partial charge in [0.25, 0.3) is 0 Å². The van der Waals surface area contributed by atoms with Gasteiger partial charge in [-0.1, -0.05) is 54.1 Å². The minimum atomic E-state index is -1.24. The highest BCUT2D eigenvalue weighted by Gasteiger charge is 2.10. The van der Waals surface area contributed by atoms with Gasteiger partial charge in [-0.25, -0.2) is 18.9 Å². The van der Waals surface area contributed by atoms with Crippen molar-refractivity contribution in [2.75, 3.05) is 18.4 Å². The predicted octanol–water partition coefficient (Wildman–Crippen LogP) is 4.58. The normalized spacial score (nSPS) is 12.3. The zero-order valence-corrected chi connectivity index (χ0v) is 18.5. The van der Waals surface area contributed by atoms with Crippen molar-refractivity contribution >= 4 is 33.2 Å². The highest BCUT2D eigenvalue weighted by Crippen LogP contribution is 2.25. The molecule has 0 aliphatic heterocycles. The Morgan fingerprint density at radius 1 is 0.969 bits per heavy atom. The van der Waals surface area contributed by atoms with Crippen LogP contribution in [0.4, 0.5) is 5.82 Å². The summed E-state index contributed by atoms with van der Waals surface area (Å²) in [6.45, 7) is 3.11. The fraction of sp³-hybridized carbons (Fsp3) is 0.120. The lowest BCUT2D eigenvalue weighted by atomic mass is 10.1. The monoisotopic (exact) mass is 441 g/mol. The lowest BCUT2D eigenvalue weighted by molar-refractivity contribution is 0.673. The van der Waals surface area contributed by atoms with Gasteiger partial charge < -0.3 is 9.72 Å². The maximum absolute atomic E-state index is 12.4. The number of rotatable bonds is 7.